The van der Waals surface area contributed by atoms with Crippen LogP contribution in [0, 0.1) is 5.92 Å². The van der Waals surface area contributed by atoms with Crippen molar-refractivity contribution in [1.29, 1.82) is 0 Å². The van der Waals surface area contributed by atoms with E-state index in [1.807, 2.05) is 17.5 Å². The van der Waals surface area contributed by atoms with Crippen LogP contribution in [0.15, 0.2) is 17.5 Å². The predicted molar refractivity (Wildman–Crippen MR) is 85.9 cm³/mol. The molecule has 1 aliphatic heterocycles. The van der Waals surface area contributed by atoms with E-state index in [1.165, 1.54) is 11.3 Å². The van der Waals surface area contributed by atoms with Crippen molar-refractivity contribution in [2.24, 2.45) is 11.7 Å². The molecule has 0 saturated carbocycles. The lowest BCUT2D eigenvalue weighted by atomic mass is 9.90. The first kappa shape index (κ1) is 17.3. The molecule has 0 aromatic carbocycles. The third-order valence-electron chi connectivity index (χ3n) is 4.21. The van der Waals surface area contributed by atoms with Gasteiger partial charge in [-0.2, -0.15) is 0 Å². The molecule has 7 nitrogen and oxygen atoms in total. The third-order valence-corrected chi connectivity index (χ3v) is 5.19. The van der Waals surface area contributed by atoms with Gasteiger partial charge in [-0.05, 0) is 31.2 Å². The van der Waals surface area contributed by atoms with Crippen LogP contribution in [0.4, 0.5) is 4.79 Å². The number of piperidine rings is 1. The number of hydrogen-bond acceptors (Lipinski definition) is 4. The zero-order chi connectivity index (χ0) is 17.0. The molecule has 0 bridgehead atoms. The normalized spacial score (nSPS) is 22.4. The topological polar surface area (TPSA) is 113 Å². The van der Waals surface area contributed by atoms with Crippen LogP contribution >= 0.6 is 11.3 Å². The van der Waals surface area contributed by atoms with Crippen LogP contribution in [0.1, 0.15) is 37.1 Å². The first-order valence-electron chi connectivity index (χ1n) is 7.51. The Hall–Kier alpha value is -2.09. The number of primary amides is 1. The van der Waals surface area contributed by atoms with Gasteiger partial charge in [0.25, 0.3) is 0 Å². The van der Waals surface area contributed by atoms with Crippen LogP contribution in [0.3, 0.4) is 0 Å². The van der Waals surface area contributed by atoms with Crippen LogP contribution in [0.5, 0.6) is 0 Å². The summed E-state index contributed by atoms with van der Waals surface area (Å²) >= 11 is 1.43. The zero-order valence-corrected chi connectivity index (χ0v) is 13.7. The van der Waals surface area contributed by atoms with Crippen LogP contribution in [-0.4, -0.2) is 40.5 Å². The van der Waals surface area contributed by atoms with Gasteiger partial charge in [-0.15, -0.1) is 11.3 Å². The third kappa shape index (κ3) is 4.22. The van der Waals surface area contributed by atoms with Crippen LogP contribution in [0.25, 0.3) is 0 Å². The minimum absolute atomic E-state index is 0.0696. The van der Waals surface area contributed by atoms with Crippen LogP contribution < -0.4 is 11.1 Å². The van der Waals surface area contributed by atoms with Crippen molar-refractivity contribution in [3.63, 3.8) is 0 Å². The van der Waals surface area contributed by atoms with Gasteiger partial charge >= 0.3 is 12.0 Å². The smallest absolute Gasteiger partial charge is 0.312 e. The lowest BCUT2D eigenvalue weighted by Gasteiger charge is -2.38. The first-order chi connectivity index (χ1) is 10.9. The van der Waals surface area contributed by atoms with Crippen molar-refractivity contribution in [3.8, 4) is 0 Å². The summed E-state index contributed by atoms with van der Waals surface area (Å²) in [6.07, 6.45) is 1.31. The molecule has 2 heterocycles. The highest BCUT2D eigenvalue weighted by Crippen LogP contribution is 2.27. The molecule has 1 saturated heterocycles. The highest BCUT2D eigenvalue weighted by atomic mass is 32.1. The van der Waals surface area contributed by atoms with Gasteiger partial charge in [-0.1, -0.05) is 6.07 Å². The number of thiophene rings is 1. The second-order valence-corrected chi connectivity index (χ2v) is 6.67. The first-order valence-corrected chi connectivity index (χ1v) is 8.39. The molecule has 3 atom stereocenters. The number of carboxylic acid groups (broad SMARTS) is 1. The summed E-state index contributed by atoms with van der Waals surface area (Å²) in [6.45, 7) is 2.30. The predicted octanol–water partition coefficient (Wildman–Crippen LogP) is 1.56. The summed E-state index contributed by atoms with van der Waals surface area (Å²) in [7, 11) is 0. The Morgan fingerprint density at radius 1 is 1.52 bits per heavy atom. The molecule has 1 aliphatic rings. The average molecular weight is 339 g/mol. The lowest BCUT2D eigenvalue weighted by molar-refractivity contribution is -0.149. The molecule has 8 heteroatoms. The number of likely N-dealkylation sites (tertiary alicyclic amines) is 1. The molecular weight excluding hydrogens is 318 g/mol. The van der Waals surface area contributed by atoms with Crippen molar-refractivity contribution in [2.45, 2.75) is 38.3 Å². The molecule has 2 rings (SSSR count). The summed E-state index contributed by atoms with van der Waals surface area (Å²) in [5.41, 5.74) is 5.19. The monoisotopic (exact) mass is 339 g/mol. The van der Waals surface area contributed by atoms with Crippen molar-refractivity contribution in [2.75, 3.05) is 6.54 Å². The highest BCUT2D eigenvalue weighted by Gasteiger charge is 2.36. The standard InChI is InChI=1S/C15H21N3O4S/c1-9-10(14(20)21)4-2-6-18(9)13(19)8-11(17-15(16)22)12-5-3-7-23-12/h3,5,7,9-11H,2,4,6,8H2,1H3,(H,20,21)(H3,16,17,22)/t9-,10-,11?/m1/s1. The highest BCUT2D eigenvalue weighted by molar-refractivity contribution is 7.10. The minimum Gasteiger partial charge on any atom is -0.481 e. The molecule has 0 aliphatic carbocycles. The molecular formula is C15H21N3O4S. The molecule has 1 unspecified atom stereocenters. The van der Waals surface area contributed by atoms with Crippen molar-refractivity contribution in [3.05, 3.63) is 22.4 Å². The summed E-state index contributed by atoms with van der Waals surface area (Å²) in [4.78, 5) is 37.5. The molecule has 1 fully saturated rings. The summed E-state index contributed by atoms with van der Waals surface area (Å²) < 4.78 is 0. The summed E-state index contributed by atoms with van der Waals surface area (Å²) in [5, 5.41) is 13.7. The Morgan fingerprint density at radius 3 is 2.83 bits per heavy atom. The minimum atomic E-state index is -0.875. The van der Waals surface area contributed by atoms with E-state index in [2.05, 4.69) is 5.32 Å². The number of carbonyl (C=O) groups excluding carboxylic acids is 2. The Balaban J connectivity index is 2.08. The Morgan fingerprint density at radius 2 is 2.26 bits per heavy atom. The van der Waals surface area contributed by atoms with Crippen molar-refractivity contribution < 1.29 is 19.5 Å². The molecule has 126 valence electrons. The number of carbonyl (C=O) groups is 3. The maximum absolute atomic E-state index is 12.6. The Kier molecular flexibility index (Phi) is 5.59. The van der Waals surface area contributed by atoms with E-state index < -0.39 is 24.0 Å². The fraction of sp³-hybridized carbons (Fsp3) is 0.533. The van der Waals surface area contributed by atoms with E-state index in [1.54, 1.807) is 11.8 Å². The second kappa shape index (κ2) is 7.45. The van der Waals surface area contributed by atoms with Gasteiger partial charge in [0, 0.05) is 17.5 Å². The van der Waals surface area contributed by atoms with E-state index >= 15 is 0 Å². The van der Waals surface area contributed by atoms with E-state index in [4.69, 9.17) is 5.73 Å². The molecule has 1 aromatic heterocycles. The number of nitrogens with zero attached hydrogens (tertiary/aromatic N) is 1. The van der Waals surface area contributed by atoms with Gasteiger partial charge in [0.2, 0.25) is 5.91 Å². The molecule has 4 N–H and O–H groups in total. The van der Waals surface area contributed by atoms with Gasteiger partial charge in [-0.25, -0.2) is 4.79 Å². The Bertz CT molecular complexity index is 575. The number of urea groups is 1. The van der Waals surface area contributed by atoms with E-state index in [0.29, 0.717) is 19.4 Å². The fourth-order valence-corrected chi connectivity index (χ4v) is 3.78. The number of nitrogens with two attached hydrogens (primary N) is 1. The van der Waals surface area contributed by atoms with Gasteiger partial charge in [0.05, 0.1) is 18.4 Å². The SMILES string of the molecule is C[C@@H]1[C@H](C(=O)O)CCCN1C(=O)CC(NC(N)=O)c1cccs1. The van der Waals surface area contributed by atoms with E-state index in [-0.39, 0.29) is 18.4 Å². The molecule has 23 heavy (non-hydrogen) atoms. The number of nitrogens with one attached hydrogen (secondary N) is 1. The van der Waals surface area contributed by atoms with Crippen LogP contribution in [0.2, 0.25) is 0 Å². The number of aliphatic carboxylic acids is 1. The molecule has 0 radical (unpaired) electrons. The van der Waals surface area contributed by atoms with Crippen molar-refractivity contribution in [1.82, 2.24) is 10.2 Å². The van der Waals surface area contributed by atoms with Gasteiger partial charge < -0.3 is 21.1 Å². The maximum atomic E-state index is 12.6. The molecule has 1 aromatic rings. The van der Waals surface area contributed by atoms with Gasteiger partial charge in [0.15, 0.2) is 0 Å². The summed E-state index contributed by atoms with van der Waals surface area (Å²) in [6, 6.07) is 2.14. The molecule has 0 spiro atoms. The fourth-order valence-electron chi connectivity index (χ4n) is 3.00. The summed E-state index contributed by atoms with van der Waals surface area (Å²) in [5.74, 6) is -1.59. The van der Waals surface area contributed by atoms with Gasteiger partial charge in [0.1, 0.15) is 0 Å². The Labute approximate surface area is 138 Å². The van der Waals surface area contributed by atoms with Crippen molar-refractivity contribution >= 4 is 29.2 Å². The van der Waals surface area contributed by atoms with Crippen LogP contribution in [-0.2, 0) is 9.59 Å². The molecule has 3 amide bonds. The lowest BCUT2D eigenvalue weighted by Crippen LogP contribution is -2.50. The maximum Gasteiger partial charge on any atom is 0.312 e. The average Bonchev–Trinajstić information content (AvgIpc) is 3.00. The quantitative estimate of drug-likeness (QED) is 0.755. The zero-order valence-electron chi connectivity index (χ0n) is 12.9. The second-order valence-electron chi connectivity index (χ2n) is 5.70. The van der Waals surface area contributed by atoms with Gasteiger partial charge in [-0.3, -0.25) is 9.59 Å². The largest absolute Gasteiger partial charge is 0.481 e. The van der Waals surface area contributed by atoms with E-state index in [0.717, 1.165) is 4.88 Å². The number of hydrogen-bond donors (Lipinski definition) is 3. The number of rotatable bonds is 5. The van der Waals surface area contributed by atoms with E-state index in [9.17, 15) is 19.5 Å². The number of amides is 3. The number of carboxylic acids is 1.